The van der Waals surface area contributed by atoms with E-state index in [4.69, 9.17) is 5.11 Å². The molecule has 0 aromatic carbocycles. The Bertz CT molecular complexity index is 352. The number of rotatable bonds is 5. The van der Waals surface area contributed by atoms with Crippen LogP contribution < -0.4 is 5.32 Å². The van der Waals surface area contributed by atoms with Crippen LogP contribution in [0.1, 0.15) is 47.5 Å². The minimum Gasteiger partial charge on any atom is -0.391 e. The summed E-state index contributed by atoms with van der Waals surface area (Å²) in [5.74, 6) is 0.0616. The third-order valence-electron chi connectivity index (χ3n) is 2.94. The van der Waals surface area contributed by atoms with Gasteiger partial charge in [-0.2, -0.15) is 0 Å². The number of hydrogen-bond acceptors (Lipinski definition) is 3. The molecule has 1 heterocycles. The van der Waals surface area contributed by atoms with Crippen molar-refractivity contribution < 1.29 is 14.7 Å². The van der Waals surface area contributed by atoms with E-state index in [1.165, 1.54) is 6.92 Å². The zero-order valence-corrected chi connectivity index (χ0v) is 14.6. The van der Waals surface area contributed by atoms with E-state index in [9.17, 15) is 9.59 Å². The Balaban J connectivity index is 0. The average Bonchev–Trinajstić information content (AvgIpc) is 2.97. The minimum absolute atomic E-state index is 0.0616. The molecule has 1 unspecified atom stereocenters. The van der Waals surface area contributed by atoms with E-state index in [0.717, 1.165) is 25.0 Å². The van der Waals surface area contributed by atoms with Gasteiger partial charge in [0, 0.05) is 26.6 Å². The molecule has 0 aromatic rings. The lowest BCUT2D eigenvalue weighted by molar-refractivity contribution is -0.128. The Morgan fingerprint density at radius 1 is 1.41 bits per heavy atom. The van der Waals surface area contributed by atoms with Crippen LogP contribution in [0.4, 0.5) is 0 Å². The second kappa shape index (κ2) is 15.8. The van der Waals surface area contributed by atoms with Gasteiger partial charge in [-0.05, 0) is 25.3 Å². The van der Waals surface area contributed by atoms with Gasteiger partial charge in [0.15, 0.2) is 0 Å². The predicted molar refractivity (Wildman–Crippen MR) is 91.5 cm³/mol. The molecule has 0 radical (unpaired) electrons. The summed E-state index contributed by atoms with van der Waals surface area (Å²) < 4.78 is 0. The van der Waals surface area contributed by atoms with Gasteiger partial charge in [0.2, 0.25) is 12.3 Å². The van der Waals surface area contributed by atoms with Gasteiger partial charge >= 0.3 is 0 Å². The van der Waals surface area contributed by atoms with Crippen LogP contribution >= 0.6 is 0 Å². The first kappa shape index (κ1) is 22.7. The summed E-state index contributed by atoms with van der Waals surface area (Å²) in [5.41, 5.74) is 1.14. The maximum atomic E-state index is 10.6. The van der Waals surface area contributed by atoms with Gasteiger partial charge in [-0.3, -0.25) is 9.59 Å². The molecule has 0 aliphatic carbocycles. The number of allylic oxidation sites excluding steroid dienone is 2. The molecule has 5 nitrogen and oxygen atoms in total. The van der Waals surface area contributed by atoms with E-state index in [-0.39, 0.29) is 12.0 Å². The molecule has 1 saturated heterocycles. The molecule has 2 N–H and O–H groups in total. The first-order chi connectivity index (χ1) is 10.5. The summed E-state index contributed by atoms with van der Waals surface area (Å²) >= 11 is 0. The van der Waals surface area contributed by atoms with E-state index in [0.29, 0.717) is 19.5 Å². The molecule has 5 heteroatoms. The second-order valence-corrected chi connectivity index (χ2v) is 4.58. The SMILES string of the molecule is C/C=C(\C=C/CC)CNC=O.CC.CC(=O)N1CCC(O)C1. The highest BCUT2D eigenvalue weighted by Gasteiger charge is 2.21. The molecule has 2 amide bonds. The van der Waals surface area contributed by atoms with Crippen molar-refractivity contribution in [3.63, 3.8) is 0 Å². The number of hydrogen-bond donors (Lipinski definition) is 2. The number of amides is 2. The normalized spacial score (nSPS) is 17.3. The zero-order chi connectivity index (χ0) is 17.4. The first-order valence-electron chi connectivity index (χ1n) is 7.97. The van der Waals surface area contributed by atoms with Crippen molar-refractivity contribution in [2.45, 2.75) is 53.6 Å². The fourth-order valence-electron chi connectivity index (χ4n) is 1.71. The van der Waals surface area contributed by atoms with Crippen molar-refractivity contribution in [3.05, 3.63) is 23.8 Å². The van der Waals surface area contributed by atoms with Crippen LogP contribution in [0.3, 0.4) is 0 Å². The summed E-state index contributed by atoms with van der Waals surface area (Å²) in [6.07, 6.45) is 8.27. The van der Waals surface area contributed by atoms with Gasteiger partial charge in [-0.1, -0.05) is 39.0 Å². The average molecular weight is 312 g/mol. The van der Waals surface area contributed by atoms with Crippen LogP contribution in [0.15, 0.2) is 23.8 Å². The maximum absolute atomic E-state index is 10.6. The summed E-state index contributed by atoms with van der Waals surface area (Å²) in [6, 6.07) is 0. The smallest absolute Gasteiger partial charge is 0.219 e. The first-order valence-corrected chi connectivity index (χ1v) is 7.97. The summed E-state index contributed by atoms with van der Waals surface area (Å²) in [5, 5.41) is 11.6. The van der Waals surface area contributed by atoms with E-state index in [1.54, 1.807) is 4.90 Å². The molecule has 0 spiro atoms. The Kier molecular flexibility index (Phi) is 16.2. The Hall–Kier alpha value is -1.62. The van der Waals surface area contributed by atoms with E-state index in [2.05, 4.69) is 18.3 Å². The Labute approximate surface area is 135 Å². The molecule has 1 fully saturated rings. The third kappa shape index (κ3) is 12.1. The molecule has 1 atom stereocenters. The van der Waals surface area contributed by atoms with Crippen LogP contribution in [0, 0.1) is 0 Å². The van der Waals surface area contributed by atoms with Crippen molar-refractivity contribution in [3.8, 4) is 0 Å². The van der Waals surface area contributed by atoms with Gasteiger partial charge in [0.25, 0.3) is 0 Å². The molecule has 0 bridgehead atoms. The van der Waals surface area contributed by atoms with Crippen molar-refractivity contribution in [1.29, 1.82) is 0 Å². The molecule has 22 heavy (non-hydrogen) atoms. The fourth-order valence-corrected chi connectivity index (χ4v) is 1.71. The number of aliphatic hydroxyl groups is 1. The molecule has 0 aromatic heterocycles. The molecular weight excluding hydrogens is 280 g/mol. The van der Waals surface area contributed by atoms with Gasteiger partial charge in [-0.25, -0.2) is 0 Å². The van der Waals surface area contributed by atoms with Crippen LogP contribution in [-0.4, -0.2) is 48.1 Å². The lowest BCUT2D eigenvalue weighted by Crippen LogP contribution is -2.26. The van der Waals surface area contributed by atoms with Crippen molar-refractivity contribution in [1.82, 2.24) is 10.2 Å². The monoisotopic (exact) mass is 312 g/mol. The fraction of sp³-hybridized carbons (Fsp3) is 0.647. The zero-order valence-electron chi connectivity index (χ0n) is 14.6. The largest absolute Gasteiger partial charge is 0.391 e. The summed E-state index contributed by atoms with van der Waals surface area (Å²) in [7, 11) is 0. The summed E-state index contributed by atoms with van der Waals surface area (Å²) in [4.78, 5) is 22.2. The molecular formula is C17H32N2O3. The number of aliphatic hydroxyl groups excluding tert-OH is 1. The van der Waals surface area contributed by atoms with Gasteiger partial charge < -0.3 is 15.3 Å². The van der Waals surface area contributed by atoms with Gasteiger partial charge in [0.05, 0.1) is 6.10 Å². The van der Waals surface area contributed by atoms with E-state index >= 15 is 0 Å². The molecule has 1 aliphatic rings. The number of nitrogens with one attached hydrogen (secondary N) is 1. The molecule has 1 aliphatic heterocycles. The lowest BCUT2D eigenvalue weighted by atomic mass is 10.2. The molecule has 1 rings (SSSR count). The van der Waals surface area contributed by atoms with Crippen molar-refractivity contribution in [2.24, 2.45) is 0 Å². The number of nitrogens with zero attached hydrogens (tertiary/aromatic N) is 1. The quantitative estimate of drug-likeness (QED) is 0.604. The predicted octanol–water partition coefficient (Wildman–Crippen LogP) is 2.27. The summed E-state index contributed by atoms with van der Waals surface area (Å²) in [6.45, 7) is 11.4. The van der Waals surface area contributed by atoms with Crippen LogP contribution in [0.5, 0.6) is 0 Å². The highest BCUT2D eigenvalue weighted by molar-refractivity contribution is 5.73. The van der Waals surface area contributed by atoms with Crippen molar-refractivity contribution in [2.75, 3.05) is 19.6 Å². The second-order valence-electron chi connectivity index (χ2n) is 4.58. The number of likely N-dealkylation sites (tertiary alicyclic amines) is 1. The lowest BCUT2D eigenvalue weighted by Gasteiger charge is -2.10. The van der Waals surface area contributed by atoms with Crippen LogP contribution in [-0.2, 0) is 9.59 Å². The minimum atomic E-state index is -0.283. The Morgan fingerprint density at radius 2 is 2.05 bits per heavy atom. The van der Waals surface area contributed by atoms with Gasteiger partial charge in [-0.15, -0.1) is 0 Å². The van der Waals surface area contributed by atoms with E-state index < -0.39 is 0 Å². The highest BCUT2D eigenvalue weighted by Crippen LogP contribution is 2.07. The third-order valence-corrected chi connectivity index (χ3v) is 2.94. The Morgan fingerprint density at radius 3 is 2.36 bits per heavy atom. The topological polar surface area (TPSA) is 69.6 Å². The van der Waals surface area contributed by atoms with Crippen LogP contribution in [0.2, 0.25) is 0 Å². The molecule has 0 saturated carbocycles. The maximum Gasteiger partial charge on any atom is 0.219 e. The van der Waals surface area contributed by atoms with Crippen molar-refractivity contribution >= 4 is 12.3 Å². The van der Waals surface area contributed by atoms with Gasteiger partial charge in [0.1, 0.15) is 0 Å². The number of carbonyl (C=O) groups excluding carboxylic acids is 2. The number of β-amino-alcohol motifs (C(OH)–C–C–N with tert-alkyl or cyclic N) is 1. The van der Waals surface area contributed by atoms with E-state index in [1.807, 2.05) is 32.9 Å². The standard InChI is InChI=1S/C9H15NO.C6H11NO2.C2H6/c1-3-5-6-9(4-2)7-10-8-11;1-5(8)7-3-2-6(9)4-7;1-2/h4-6,8H,3,7H2,1-2H3,(H,10,11);6,9H,2-4H2,1H3;1-2H3/b6-5-,9-4+;;. The number of carbonyl (C=O) groups is 2. The molecule has 128 valence electrons. The van der Waals surface area contributed by atoms with Crippen LogP contribution in [0.25, 0.3) is 0 Å². The highest BCUT2D eigenvalue weighted by atomic mass is 16.3.